The molecule has 2 aromatic carbocycles. The first kappa shape index (κ1) is 56.3. The number of carbonyl (C=O) groups is 3. The SMILES string of the molecule is CC(C)(CNC(=O)O)CC(=O)N(Cc1nn(CC(F)(F)F)c2c(-c3ccc(C#CC(C)(C)S(C)(=O)=O)nc3C(Cc3cc(F)cc(F)c3)NC(=O)Cn3nc(C(F)(F)F)c4c3C(F)(F)[C@@H]3C[C@H]43)ccc(Cl)c12)[SH](=O)=O. The summed E-state index contributed by atoms with van der Waals surface area (Å²) in [5.41, 5.74) is -7.33. The number of sulfone groups is 1. The first-order chi connectivity index (χ1) is 34.5. The highest BCUT2D eigenvalue weighted by Gasteiger charge is 2.68. The fourth-order valence-electron chi connectivity index (χ4n) is 8.72. The van der Waals surface area contributed by atoms with Crippen LogP contribution >= 0.6 is 11.6 Å². The quantitative estimate of drug-likeness (QED) is 0.0424. The van der Waals surface area contributed by atoms with Crippen LogP contribution < -0.4 is 10.6 Å². The van der Waals surface area contributed by atoms with E-state index in [-0.39, 0.29) is 54.7 Å². The molecule has 0 bridgehead atoms. The van der Waals surface area contributed by atoms with Crippen molar-refractivity contribution in [3.05, 3.63) is 98.7 Å². The average molecular weight is 1130 g/mol. The fraction of sp³-hybridized carbons (Fsp3) is 0.435. The summed E-state index contributed by atoms with van der Waals surface area (Å²) in [6.45, 7) is 0.769. The van der Waals surface area contributed by atoms with Crippen LogP contribution in [0.3, 0.4) is 0 Å². The Bertz CT molecular complexity index is 3390. The Morgan fingerprint density at radius 3 is 2.20 bits per heavy atom. The number of thiol groups is 1. The van der Waals surface area contributed by atoms with Crippen LogP contribution in [0.25, 0.3) is 22.0 Å². The second-order valence-electron chi connectivity index (χ2n) is 19.3. The van der Waals surface area contributed by atoms with Crippen molar-refractivity contribution in [2.24, 2.45) is 11.3 Å². The lowest BCUT2D eigenvalue weighted by molar-refractivity contribution is -0.143. The summed E-state index contributed by atoms with van der Waals surface area (Å²) in [5.74, 6) is -6.17. The molecular weight excluding hydrogens is 1080 g/mol. The van der Waals surface area contributed by atoms with Crippen LogP contribution in [0.2, 0.25) is 5.02 Å². The molecule has 1 fully saturated rings. The molecule has 1 unspecified atom stereocenters. The highest BCUT2D eigenvalue weighted by Crippen LogP contribution is 2.68. The molecule has 0 saturated heterocycles. The molecule has 3 N–H and O–H groups in total. The van der Waals surface area contributed by atoms with Crippen molar-refractivity contribution >= 4 is 61.1 Å². The zero-order valence-electron chi connectivity index (χ0n) is 39.7. The summed E-state index contributed by atoms with van der Waals surface area (Å²) >= 11 is 6.66. The Kier molecular flexibility index (Phi) is 14.9. The smallest absolute Gasteiger partial charge is 0.435 e. The van der Waals surface area contributed by atoms with Crippen LogP contribution in [-0.4, -0.2) is 92.4 Å². The first-order valence-electron chi connectivity index (χ1n) is 22.2. The van der Waals surface area contributed by atoms with E-state index in [9.17, 15) is 66.3 Å². The van der Waals surface area contributed by atoms with Gasteiger partial charge in [-0.05, 0) is 79.8 Å². The summed E-state index contributed by atoms with van der Waals surface area (Å²) < 4.78 is 197. The number of rotatable bonds is 16. The Balaban J connectivity index is 1.43. The Labute approximate surface area is 426 Å². The zero-order chi connectivity index (χ0) is 55.7. The third-order valence-electron chi connectivity index (χ3n) is 12.5. The van der Waals surface area contributed by atoms with Crippen LogP contribution in [0, 0.1) is 34.8 Å². The lowest BCUT2D eigenvalue weighted by Gasteiger charge is -2.26. The molecule has 7 rings (SSSR count). The van der Waals surface area contributed by atoms with E-state index in [0.717, 1.165) is 30.5 Å². The minimum atomic E-state index is -5.23. The number of nitrogens with one attached hydrogen (secondary N) is 2. The van der Waals surface area contributed by atoms with Crippen molar-refractivity contribution in [1.82, 2.24) is 39.5 Å². The number of amides is 3. The second-order valence-corrected chi connectivity index (χ2v) is 23.3. The second kappa shape index (κ2) is 19.9. The van der Waals surface area contributed by atoms with Gasteiger partial charge in [0.25, 0.3) is 5.92 Å². The van der Waals surface area contributed by atoms with E-state index >= 15 is 8.78 Å². The molecule has 3 heterocycles. The predicted molar refractivity (Wildman–Crippen MR) is 248 cm³/mol. The van der Waals surface area contributed by atoms with E-state index in [1.54, 1.807) is 0 Å². The Morgan fingerprint density at radius 2 is 1.61 bits per heavy atom. The standard InChI is InChI=1S/C46H43ClF10N8O8S2/c1-42(2,20-58-41(68)69)17-34(67)65(74(70)71)18-32-36-30(47)9-8-27(38(36)64(61-32)21-44(50,51)52)26-7-6-25(10-11-43(3,4)75(5,72)73)59-37(26)31(14-22-12-23(48)15-24(49)13-22)60-33(66)19-63-40-35(39(62-63)46(55,56)57)28-16-29(28)45(40,53)54/h6-9,12-13,15,28-29,31,58,74H,14,16-21H2,1-5H3,(H,60,66)(H,68,69)/t28-,29+,31?/m0/s1. The highest BCUT2D eigenvalue weighted by molar-refractivity contribution is 7.92. The number of hydrogen-bond acceptors (Lipinski definition) is 10. The van der Waals surface area contributed by atoms with Gasteiger partial charge in [0, 0.05) is 53.3 Å². The summed E-state index contributed by atoms with van der Waals surface area (Å²) in [6.07, 6.45) is -12.5. The molecule has 5 aromatic rings. The van der Waals surface area contributed by atoms with Crippen molar-refractivity contribution in [2.45, 2.75) is 102 Å². The maximum absolute atomic E-state index is 15.6. The molecule has 75 heavy (non-hydrogen) atoms. The maximum Gasteiger partial charge on any atom is 0.435 e. The molecule has 3 aromatic heterocycles. The third kappa shape index (κ3) is 12.1. The van der Waals surface area contributed by atoms with Gasteiger partial charge in [0.1, 0.15) is 40.9 Å². The maximum atomic E-state index is 15.6. The van der Waals surface area contributed by atoms with Crippen LogP contribution in [0.15, 0.2) is 42.5 Å². The van der Waals surface area contributed by atoms with Gasteiger partial charge in [-0.2, -0.15) is 45.3 Å². The predicted octanol–water partition coefficient (Wildman–Crippen LogP) is 7.83. The van der Waals surface area contributed by atoms with E-state index in [4.69, 9.17) is 16.7 Å². The number of benzene rings is 2. The lowest BCUT2D eigenvalue weighted by atomic mass is 9.89. The number of halogens is 11. The number of hydrogen-bond donors (Lipinski definition) is 4. The molecule has 404 valence electrons. The van der Waals surface area contributed by atoms with Gasteiger partial charge in [-0.15, -0.1) is 0 Å². The summed E-state index contributed by atoms with van der Waals surface area (Å²) in [7, 11) is -7.78. The summed E-state index contributed by atoms with van der Waals surface area (Å²) in [4.78, 5) is 43.4. The Morgan fingerprint density at radius 1 is 0.973 bits per heavy atom. The monoisotopic (exact) mass is 1120 g/mol. The van der Waals surface area contributed by atoms with Gasteiger partial charge in [-0.1, -0.05) is 37.4 Å². The van der Waals surface area contributed by atoms with Gasteiger partial charge in [-0.25, -0.2) is 39.7 Å². The minimum Gasteiger partial charge on any atom is -0.465 e. The van der Waals surface area contributed by atoms with E-state index in [1.807, 2.05) is 0 Å². The van der Waals surface area contributed by atoms with Crippen molar-refractivity contribution in [1.29, 1.82) is 0 Å². The van der Waals surface area contributed by atoms with Crippen molar-refractivity contribution in [2.75, 3.05) is 12.8 Å². The van der Waals surface area contributed by atoms with Crippen LogP contribution in [0.4, 0.5) is 48.7 Å². The minimum absolute atomic E-state index is 0.194. The van der Waals surface area contributed by atoms with Gasteiger partial charge in [0.15, 0.2) is 15.5 Å². The number of nitrogens with zero attached hydrogens (tertiary/aromatic N) is 6. The Hall–Kier alpha value is -6.47. The molecule has 3 amide bonds. The topological polar surface area (TPSA) is 216 Å². The number of aromatic nitrogens is 5. The van der Waals surface area contributed by atoms with Crippen LogP contribution in [0.5, 0.6) is 0 Å². The molecule has 2 aliphatic carbocycles. The van der Waals surface area contributed by atoms with Crippen LogP contribution in [-0.2, 0) is 68.5 Å². The highest BCUT2D eigenvalue weighted by atomic mass is 35.5. The molecule has 0 spiro atoms. The van der Waals surface area contributed by atoms with E-state index in [0.29, 0.717) is 10.7 Å². The van der Waals surface area contributed by atoms with Crippen LogP contribution in [0.1, 0.15) is 92.1 Å². The molecule has 0 radical (unpaired) electrons. The summed E-state index contributed by atoms with van der Waals surface area (Å²) in [5, 5.41) is 20.3. The van der Waals surface area contributed by atoms with Gasteiger partial charge >= 0.3 is 18.4 Å². The van der Waals surface area contributed by atoms with Crippen molar-refractivity contribution in [3.63, 3.8) is 0 Å². The van der Waals surface area contributed by atoms with Gasteiger partial charge in [0.2, 0.25) is 22.7 Å². The van der Waals surface area contributed by atoms with E-state index in [2.05, 4.69) is 37.7 Å². The molecule has 16 nitrogen and oxygen atoms in total. The molecule has 2 aliphatic rings. The summed E-state index contributed by atoms with van der Waals surface area (Å²) in [6, 6.07) is 4.96. The lowest BCUT2D eigenvalue weighted by Crippen LogP contribution is -2.38. The molecular formula is C46H43ClF10N8O8S2. The molecule has 0 aliphatic heterocycles. The molecule has 29 heteroatoms. The van der Waals surface area contributed by atoms with Gasteiger partial charge < -0.3 is 15.7 Å². The zero-order valence-corrected chi connectivity index (χ0v) is 42.2. The fourth-order valence-corrected chi connectivity index (χ4v) is 9.72. The van der Waals surface area contributed by atoms with Gasteiger partial charge in [0.05, 0.1) is 34.5 Å². The number of fused-ring (bicyclic) bond motifs is 4. The van der Waals surface area contributed by atoms with Crippen molar-refractivity contribution in [3.8, 4) is 23.0 Å². The van der Waals surface area contributed by atoms with E-state index < -0.39 is 163 Å². The number of carboxylic acid groups (broad SMARTS) is 1. The third-order valence-corrected chi connectivity index (χ3v) is 15.6. The first-order valence-corrected chi connectivity index (χ1v) is 25.6. The number of alkyl halides is 8. The molecule has 1 saturated carbocycles. The average Bonchev–Trinajstić information content (AvgIpc) is 3.78. The molecule has 3 atom stereocenters. The largest absolute Gasteiger partial charge is 0.465 e. The number of pyridine rings is 1. The number of carbonyl (C=O) groups excluding carboxylic acids is 2. The van der Waals surface area contributed by atoms with Gasteiger partial charge in [-0.3, -0.25) is 19.0 Å². The van der Waals surface area contributed by atoms with Crippen molar-refractivity contribution < 1.29 is 80.2 Å². The normalized spacial score (nSPS) is 16.8. The van der Waals surface area contributed by atoms with E-state index in [1.165, 1.54) is 39.8 Å².